The Balaban J connectivity index is 1.75. The van der Waals surface area contributed by atoms with Crippen LogP contribution in [0, 0.1) is 10.1 Å². The Kier molecular flexibility index (Phi) is 5.17. The number of hydrogen-bond donors (Lipinski definition) is 2. The Hall–Kier alpha value is -3.27. The van der Waals surface area contributed by atoms with Crippen molar-refractivity contribution < 1.29 is 24.4 Å². The maximum atomic E-state index is 12.6. The number of non-ortho nitro benzene ring substituents is 1. The zero-order valence-corrected chi connectivity index (χ0v) is 14.3. The topological polar surface area (TPSA) is 137 Å². The average molecular weight is 374 g/mol. The second kappa shape index (κ2) is 7.54. The largest absolute Gasteiger partial charge is 0.481 e. The van der Waals surface area contributed by atoms with Crippen molar-refractivity contribution in [2.45, 2.75) is 24.8 Å². The van der Waals surface area contributed by atoms with Crippen molar-refractivity contribution in [1.82, 2.24) is 15.1 Å². The van der Waals surface area contributed by atoms with Crippen molar-refractivity contribution in [1.29, 1.82) is 0 Å². The van der Waals surface area contributed by atoms with E-state index in [-0.39, 0.29) is 17.7 Å². The van der Waals surface area contributed by atoms with Crippen molar-refractivity contribution in [3.63, 3.8) is 0 Å². The van der Waals surface area contributed by atoms with E-state index in [1.54, 1.807) is 0 Å². The van der Waals surface area contributed by atoms with Crippen molar-refractivity contribution in [3.8, 4) is 5.69 Å². The summed E-state index contributed by atoms with van der Waals surface area (Å²) in [4.78, 5) is 34.0. The third-order valence-corrected chi connectivity index (χ3v) is 4.49. The van der Waals surface area contributed by atoms with Crippen LogP contribution < -0.4 is 5.32 Å². The Labute approximate surface area is 153 Å². The van der Waals surface area contributed by atoms with E-state index in [9.17, 15) is 24.8 Å². The quantitative estimate of drug-likeness (QED) is 0.578. The third kappa shape index (κ3) is 4.29. The van der Waals surface area contributed by atoms with E-state index < -0.39 is 22.3 Å². The molecule has 1 fully saturated rings. The minimum atomic E-state index is -0.987. The predicted molar refractivity (Wildman–Crippen MR) is 92.7 cm³/mol. The van der Waals surface area contributed by atoms with Gasteiger partial charge in [-0.3, -0.25) is 19.7 Å². The van der Waals surface area contributed by atoms with Crippen LogP contribution in [0.2, 0.25) is 0 Å². The number of amides is 1. The van der Waals surface area contributed by atoms with Gasteiger partial charge in [0, 0.05) is 31.5 Å². The molecule has 0 bridgehead atoms. The summed E-state index contributed by atoms with van der Waals surface area (Å²) in [5, 5.41) is 26.8. The summed E-state index contributed by atoms with van der Waals surface area (Å²) >= 11 is 0. The molecule has 1 aromatic carbocycles. The first-order chi connectivity index (χ1) is 12.9. The molecule has 0 spiro atoms. The van der Waals surface area contributed by atoms with Crippen LogP contribution in [-0.4, -0.2) is 50.4 Å². The standard InChI is InChI=1S/C17H18N4O6/c22-15(23)9-17(5-7-27-8-6-17)19-16(24)12-10-18-20(11-12)13-1-3-14(4-2-13)21(25)26/h1-4,10-11H,5-9H2,(H,19,24)(H,22,23). The summed E-state index contributed by atoms with van der Waals surface area (Å²) in [5.41, 5.74) is -0.0639. The first kappa shape index (κ1) is 18.5. The number of carboxylic acid groups (broad SMARTS) is 1. The van der Waals surface area contributed by atoms with E-state index in [2.05, 4.69) is 10.4 Å². The van der Waals surface area contributed by atoms with Crippen molar-refractivity contribution >= 4 is 17.6 Å². The maximum absolute atomic E-state index is 12.6. The summed E-state index contributed by atoms with van der Waals surface area (Å²) in [6, 6.07) is 5.75. The second-order valence-electron chi connectivity index (χ2n) is 6.36. The summed E-state index contributed by atoms with van der Waals surface area (Å²) in [7, 11) is 0. The third-order valence-electron chi connectivity index (χ3n) is 4.49. The lowest BCUT2D eigenvalue weighted by molar-refractivity contribution is -0.384. The monoisotopic (exact) mass is 374 g/mol. The molecule has 1 aliphatic rings. The van der Waals surface area contributed by atoms with Gasteiger partial charge in [-0.1, -0.05) is 0 Å². The number of nitro groups is 1. The van der Waals surface area contributed by atoms with Crippen LogP contribution in [0.25, 0.3) is 5.69 Å². The molecule has 0 atom stereocenters. The van der Waals surface area contributed by atoms with Gasteiger partial charge in [0.05, 0.1) is 34.3 Å². The molecule has 10 heteroatoms. The highest BCUT2D eigenvalue weighted by Gasteiger charge is 2.36. The van der Waals surface area contributed by atoms with Gasteiger partial charge >= 0.3 is 5.97 Å². The van der Waals surface area contributed by atoms with Gasteiger partial charge in [0.25, 0.3) is 11.6 Å². The Morgan fingerprint density at radius 3 is 2.56 bits per heavy atom. The van der Waals surface area contributed by atoms with Gasteiger partial charge in [0.15, 0.2) is 0 Å². The number of carbonyl (C=O) groups is 2. The fraction of sp³-hybridized carbons (Fsp3) is 0.353. The van der Waals surface area contributed by atoms with Crippen molar-refractivity contribution in [3.05, 3.63) is 52.3 Å². The van der Waals surface area contributed by atoms with Crippen LogP contribution in [0.1, 0.15) is 29.6 Å². The van der Waals surface area contributed by atoms with Crippen molar-refractivity contribution in [2.24, 2.45) is 0 Å². The van der Waals surface area contributed by atoms with Crippen LogP contribution in [-0.2, 0) is 9.53 Å². The van der Waals surface area contributed by atoms with Gasteiger partial charge in [-0.05, 0) is 25.0 Å². The first-order valence-electron chi connectivity index (χ1n) is 8.30. The minimum Gasteiger partial charge on any atom is -0.481 e. The van der Waals surface area contributed by atoms with Crippen LogP contribution in [0.3, 0.4) is 0 Å². The number of aliphatic carboxylic acids is 1. The number of hydrogen-bond acceptors (Lipinski definition) is 6. The molecule has 142 valence electrons. The van der Waals surface area contributed by atoms with E-state index in [1.165, 1.54) is 41.3 Å². The number of benzene rings is 1. The van der Waals surface area contributed by atoms with Crippen LogP contribution >= 0.6 is 0 Å². The zero-order valence-electron chi connectivity index (χ0n) is 14.3. The Bertz CT molecular complexity index is 855. The normalized spacial score (nSPS) is 15.9. The van der Waals surface area contributed by atoms with Gasteiger partial charge in [-0.25, -0.2) is 4.68 Å². The summed E-state index contributed by atoms with van der Waals surface area (Å²) in [5.74, 6) is -1.41. The van der Waals surface area contributed by atoms with Crippen LogP contribution in [0.4, 0.5) is 5.69 Å². The minimum absolute atomic E-state index is 0.0426. The van der Waals surface area contributed by atoms with E-state index in [1.807, 2.05) is 0 Å². The number of nitrogens with one attached hydrogen (secondary N) is 1. The second-order valence-corrected chi connectivity index (χ2v) is 6.36. The molecule has 1 amide bonds. The highest BCUT2D eigenvalue weighted by atomic mass is 16.6. The molecule has 3 rings (SSSR count). The fourth-order valence-electron chi connectivity index (χ4n) is 3.02. The Morgan fingerprint density at radius 2 is 1.96 bits per heavy atom. The maximum Gasteiger partial charge on any atom is 0.305 e. The van der Waals surface area contributed by atoms with E-state index in [0.29, 0.717) is 31.7 Å². The number of nitro benzene ring substituents is 1. The van der Waals surface area contributed by atoms with E-state index in [4.69, 9.17) is 4.74 Å². The number of ether oxygens (including phenoxy) is 1. The molecule has 1 aromatic heterocycles. The lowest BCUT2D eigenvalue weighted by Crippen LogP contribution is -2.53. The van der Waals surface area contributed by atoms with Gasteiger partial charge < -0.3 is 15.2 Å². The lowest BCUT2D eigenvalue weighted by atomic mass is 9.86. The number of nitrogens with zero attached hydrogens (tertiary/aromatic N) is 3. The molecule has 10 nitrogen and oxygen atoms in total. The van der Waals surface area contributed by atoms with Crippen LogP contribution in [0.15, 0.2) is 36.7 Å². The summed E-state index contributed by atoms with van der Waals surface area (Å²) < 4.78 is 6.70. The van der Waals surface area contributed by atoms with Gasteiger partial charge in [0.2, 0.25) is 0 Å². The SMILES string of the molecule is O=C(O)CC1(NC(=O)c2cnn(-c3ccc([N+](=O)[O-])cc3)c2)CCOCC1. The molecular weight excluding hydrogens is 356 g/mol. The number of carboxylic acids is 1. The van der Waals surface area contributed by atoms with Crippen molar-refractivity contribution in [2.75, 3.05) is 13.2 Å². The van der Waals surface area contributed by atoms with E-state index in [0.717, 1.165) is 0 Å². The molecule has 0 radical (unpaired) electrons. The highest BCUT2D eigenvalue weighted by Crippen LogP contribution is 2.25. The molecular formula is C17H18N4O6. The molecule has 0 unspecified atom stereocenters. The summed E-state index contributed by atoms with van der Waals surface area (Å²) in [6.45, 7) is 0.769. The lowest BCUT2D eigenvalue weighted by Gasteiger charge is -2.36. The molecule has 0 saturated carbocycles. The molecule has 27 heavy (non-hydrogen) atoms. The molecule has 2 N–H and O–H groups in total. The predicted octanol–water partition coefficient (Wildman–Crippen LogP) is 1.53. The first-order valence-corrected chi connectivity index (χ1v) is 8.30. The highest BCUT2D eigenvalue weighted by molar-refractivity contribution is 5.94. The zero-order chi connectivity index (χ0) is 19.4. The van der Waals surface area contributed by atoms with E-state index >= 15 is 0 Å². The van der Waals surface area contributed by atoms with Gasteiger partial charge in [-0.2, -0.15) is 5.10 Å². The number of aromatic nitrogens is 2. The molecule has 2 aromatic rings. The molecule has 1 aliphatic heterocycles. The van der Waals surface area contributed by atoms with Gasteiger partial charge in [-0.15, -0.1) is 0 Å². The summed E-state index contributed by atoms with van der Waals surface area (Å²) in [6.07, 6.45) is 3.51. The van der Waals surface area contributed by atoms with Crippen LogP contribution in [0.5, 0.6) is 0 Å². The average Bonchev–Trinajstić information content (AvgIpc) is 3.12. The fourth-order valence-corrected chi connectivity index (χ4v) is 3.02. The number of carbonyl (C=O) groups excluding carboxylic acids is 1. The Morgan fingerprint density at radius 1 is 1.30 bits per heavy atom. The number of rotatable bonds is 6. The van der Waals surface area contributed by atoms with Gasteiger partial charge in [0.1, 0.15) is 0 Å². The smallest absolute Gasteiger partial charge is 0.305 e. The molecule has 1 saturated heterocycles. The molecule has 2 heterocycles. The molecule has 0 aliphatic carbocycles.